The van der Waals surface area contributed by atoms with Crippen LogP contribution in [0.4, 0.5) is 4.39 Å². The van der Waals surface area contributed by atoms with E-state index in [4.69, 9.17) is 4.74 Å². The van der Waals surface area contributed by atoms with Gasteiger partial charge in [-0.2, -0.15) is 0 Å². The van der Waals surface area contributed by atoms with E-state index in [1.807, 2.05) is 0 Å². The fourth-order valence-corrected chi connectivity index (χ4v) is 2.36. The molecule has 2 N–H and O–H groups in total. The van der Waals surface area contributed by atoms with Gasteiger partial charge in [0, 0.05) is 13.7 Å². The Morgan fingerprint density at radius 3 is 3.16 bits per heavy atom. The van der Waals surface area contributed by atoms with Gasteiger partial charge in [-0.15, -0.1) is 0 Å². The Labute approximate surface area is 112 Å². The van der Waals surface area contributed by atoms with Crippen molar-refractivity contribution in [2.45, 2.75) is 18.9 Å². The zero-order valence-corrected chi connectivity index (χ0v) is 11.0. The summed E-state index contributed by atoms with van der Waals surface area (Å²) in [6.45, 7) is 1.51. The number of amides is 1. The molecule has 1 aromatic carbocycles. The Morgan fingerprint density at radius 2 is 2.37 bits per heavy atom. The molecule has 0 saturated carbocycles. The summed E-state index contributed by atoms with van der Waals surface area (Å²) in [5.74, 6) is -0.259. The molecule has 1 unspecified atom stereocenters. The Kier molecular flexibility index (Phi) is 4.87. The third-order valence-electron chi connectivity index (χ3n) is 3.29. The first-order valence-electron chi connectivity index (χ1n) is 6.48. The summed E-state index contributed by atoms with van der Waals surface area (Å²) in [5.41, 5.74) is 2.03. The summed E-state index contributed by atoms with van der Waals surface area (Å²) in [6, 6.07) is 4.77. The second kappa shape index (κ2) is 6.63. The SMILES string of the molecule is COCCNCC(=O)NC1CCc2cc(F)ccc21. The van der Waals surface area contributed by atoms with Crippen LogP contribution >= 0.6 is 0 Å². The van der Waals surface area contributed by atoms with Crippen molar-refractivity contribution < 1.29 is 13.9 Å². The molecule has 0 radical (unpaired) electrons. The minimum absolute atomic E-state index is 0.00678. The second-order valence-electron chi connectivity index (χ2n) is 4.67. The molecule has 0 aliphatic heterocycles. The van der Waals surface area contributed by atoms with Crippen LogP contribution in [0, 0.1) is 5.82 Å². The lowest BCUT2D eigenvalue weighted by Gasteiger charge is -2.14. The Hall–Kier alpha value is -1.46. The number of methoxy groups -OCH3 is 1. The first-order valence-corrected chi connectivity index (χ1v) is 6.48. The van der Waals surface area contributed by atoms with Crippen LogP contribution in [0.25, 0.3) is 0 Å². The van der Waals surface area contributed by atoms with Crippen molar-refractivity contribution >= 4 is 5.91 Å². The van der Waals surface area contributed by atoms with Crippen molar-refractivity contribution in [1.82, 2.24) is 10.6 Å². The molecule has 5 heteroatoms. The van der Waals surface area contributed by atoms with E-state index in [2.05, 4.69) is 10.6 Å². The van der Waals surface area contributed by atoms with E-state index in [0.717, 1.165) is 24.0 Å². The van der Waals surface area contributed by atoms with Crippen LogP contribution in [0.1, 0.15) is 23.6 Å². The smallest absolute Gasteiger partial charge is 0.234 e. The maximum absolute atomic E-state index is 13.1. The molecular formula is C14H19FN2O2. The molecule has 1 amide bonds. The lowest BCUT2D eigenvalue weighted by atomic mass is 10.1. The van der Waals surface area contributed by atoms with Gasteiger partial charge in [0.25, 0.3) is 0 Å². The van der Waals surface area contributed by atoms with Crippen molar-refractivity contribution in [3.63, 3.8) is 0 Å². The van der Waals surface area contributed by atoms with Crippen LogP contribution in [0.5, 0.6) is 0 Å². The van der Waals surface area contributed by atoms with E-state index >= 15 is 0 Å². The van der Waals surface area contributed by atoms with E-state index in [0.29, 0.717) is 13.2 Å². The number of carbonyl (C=O) groups excluding carboxylic acids is 1. The molecule has 1 aliphatic carbocycles. The van der Waals surface area contributed by atoms with Crippen molar-refractivity contribution in [3.05, 3.63) is 35.1 Å². The van der Waals surface area contributed by atoms with Gasteiger partial charge in [-0.25, -0.2) is 4.39 Å². The summed E-state index contributed by atoms with van der Waals surface area (Å²) >= 11 is 0. The van der Waals surface area contributed by atoms with Crippen LogP contribution in [0.2, 0.25) is 0 Å². The number of aryl methyl sites for hydroxylation is 1. The van der Waals surface area contributed by atoms with Gasteiger partial charge in [0.2, 0.25) is 5.91 Å². The number of fused-ring (bicyclic) bond motifs is 1. The molecule has 4 nitrogen and oxygen atoms in total. The lowest BCUT2D eigenvalue weighted by molar-refractivity contribution is -0.121. The van der Waals surface area contributed by atoms with Crippen LogP contribution in [-0.4, -0.2) is 32.7 Å². The first-order chi connectivity index (χ1) is 9.20. The summed E-state index contributed by atoms with van der Waals surface area (Å²) < 4.78 is 18.0. The van der Waals surface area contributed by atoms with Crippen molar-refractivity contribution in [1.29, 1.82) is 0 Å². The molecule has 19 heavy (non-hydrogen) atoms. The first kappa shape index (κ1) is 14.0. The molecule has 0 fully saturated rings. The maximum Gasteiger partial charge on any atom is 0.234 e. The van der Waals surface area contributed by atoms with Gasteiger partial charge < -0.3 is 15.4 Å². The second-order valence-corrected chi connectivity index (χ2v) is 4.67. The van der Waals surface area contributed by atoms with Gasteiger partial charge in [0.1, 0.15) is 5.82 Å². The number of hydrogen-bond donors (Lipinski definition) is 2. The minimum Gasteiger partial charge on any atom is -0.383 e. The van der Waals surface area contributed by atoms with Crippen LogP contribution < -0.4 is 10.6 Å². The molecule has 1 aliphatic rings. The minimum atomic E-state index is -0.216. The standard InChI is InChI=1S/C14H19FN2O2/c1-19-7-6-16-9-14(18)17-13-5-2-10-8-11(15)3-4-12(10)13/h3-4,8,13,16H,2,5-7,9H2,1H3,(H,17,18). The number of ether oxygens (including phenoxy) is 1. The largest absolute Gasteiger partial charge is 0.383 e. The maximum atomic E-state index is 13.1. The molecule has 1 aromatic rings. The highest BCUT2D eigenvalue weighted by molar-refractivity contribution is 5.78. The van der Waals surface area contributed by atoms with E-state index in [-0.39, 0.29) is 24.3 Å². The van der Waals surface area contributed by atoms with E-state index in [9.17, 15) is 9.18 Å². The molecule has 0 heterocycles. The molecule has 0 aromatic heterocycles. The lowest BCUT2D eigenvalue weighted by Crippen LogP contribution is -2.36. The van der Waals surface area contributed by atoms with Gasteiger partial charge >= 0.3 is 0 Å². The number of hydrogen-bond acceptors (Lipinski definition) is 3. The molecule has 0 saturated heterocycles. The fourth-order valence-electron chi connectivity index (χ4n) is 2.36. The summed E-state index contributed by atoms with van der Waals surface area (Å²) in [6.07, 6.45) is 1.65. The molecule has 0 spiro atoms. The van der Waals surface area contributed by atoms with Crippen LogP contribution in [0.3, 0.4) is 0 Å². The van der Waals surface area contributed by atoms with Gasteiger partial charge in [-0.3, -0.25) is 4.79 Å². The molecule has 0 bridgehead atoms. The molecule has 2 rings (SSSR count). The average Bonchev–Trinajstić information content (AvgIpc) is 2.77. The third-order valence-corrected chi connectivity index (χ3v) is 3.29. The van der Waals surface area contributed by atoms with Gasteiger partial charge in [-0.05, 0) is 36.1 Å². The van der Waals surface area contributed by atoms with Crippen LogP contribution in [0.15, 0.2) is 18.2 Å². The third kappa shape index (κ3) is 3.75. The van der Waals surface area contributed by atoms with Crippen molar-refractivity contribution in [2.75, 3.05) is 26.8 Å². The Morgan fingerprint density at radius 1 is 1.53 bits per heavy atom. The highest BCUT2D eigenvalue weighted by Gasteiger charge is 2.23. The van der Waals surface area contributed by atoms with E-state index in [1.54, 1.807) is 19.2 Å². The molecule has 1 atom stereocenters. The topological polar surface area (TPSA) is 50.4 Å². The highest BCUT2D eigenvalue weighted by atomic mass is 19.1. The van der Waals surface area contributed by atoms with Gasteiger partial charge in [0.05, 0.1) is 19.2 Å². The highest BCUT2D eigenvalue weighted by Crippen LogP contribution is 2.31. The number of nitrogens with one attached hydrogen (secondary N) is 2. The summed E-state index contributed by atoms with van der Waals surface area (Å²) in [5, 5.41) is 5.96. The normalized spacial score (nSPS) is 17.3. The number of carbonyl (C=O) groups is 1. The van der Waals surface area contributed by atoms with E-state index in [1.165, 1.54) is 6.07 Å². The predicted octanol–water partition coefficient (Wildman–Crippen LogP) is 1.17. The monoisotopic (exact) mass is 266 g/mol. The number of rotatable bonds is 6. The van der Waals surface area contributed by atoms with Gasteiger partial charge in [0.15, 0.2) is 0 Å². The van der Waals surface area contributed by atoms with Crippen molar-refractivity contribution in [2.24, 2.45) is 0 Å². The number of halogens is 1. The number of benzene rings is 1. The summed E-state index contributed by atoms with van der Waals surface area (Å²) in [7, 11) is 1.62. The van der Waals surface area contributed by atoms with Gasteiger partial charge in [-0.1, -0.05) is 6.07 Å². The fraction of sp³-hybridized carbons (Fsp3) is 0.500. The van der Waals surface area contributed by atoms with E-state index < -0.39 is 0 Å². The Balaban J connectivity index is 1.83. The predicted molar refractivity (Wildman–Crippen MR) is 70.4 cm³/mol. The van der Waals surface area contributed by atoms with Crippen LogP contribution in [-0.2, 0) is 16.0 Å². The molecule has 104 valence electrons. The summed E-state index contributed by atoms with van der Waals surface area (Å²) in [4.78, 5) is 11.8. The van der Waals surface area contributed by atoms with Crippen molar-refractivity contribution in [3.8, 4) is 0 Å². The molecular weight excluding hydrogens is 247 g/mol. The zero-order valence-electron chi connectivity index (χ0n) is 11.0. The quantitative estimate of drug-likeness (QED) is 0.760. The Bertz CT molecular complexity index is 451. The zero-order chi connectivity index (χ0) is 13.7. The average molecular weight is 266 g/mol.